The van der Waals surface area contributed by atoms with Crippen LogP contribution in [0.4, 0.5) is 5.69 Å². The summed E-state index contributed by atoms with van der Waals surface area (Å²) in [5.41, 5.74) is 5.92. The van der Waals surface area contributed by atoms with Crippen molar-refractivity contribution in [3.63, 3.8) is 0 Å². The lowest BCUT2D eigenvalue weighted by atomic mass is 9.97. The van der Waals surface area contributed by atoms with Gasteiger partial charge in [0.1, 0.15) is 6.04 Å². The summed E-state index contributed by atoms with van der Waals surface area (Å²) in [5, 5.41) is 3.10. The van der Waals surface area contributed by atoms with Crippen molar-refractivity contribution >= 4 is 21.6 Å². The Labute approximate surface area is 181 Å². The fourth-order valence-electron chi connectivity index (χ4n) is 3.81. The van der Waals surface area contributed by atoms with Gasteiger partial charge >= 0.3 is 0 Å². The van der Waals surface area contributed by atoms with E-state index < -0.39 is 16.1 Å². The molecule has 1 amide bonds. The highest BCUT2D eigenvalue weighted by Gasteiger charge is 2.32. The van der Waals surface area contributed by atoms with E-state index in [0.717, 1.165) is 28.5 Å². The lowest BCUT2D eigenvalue weighted by Crippen LogP contribution is -2.50. The van der Waals surface area contributed by atoms with Gasteiger partial charge in [0.05, 0.1) is 18.0 Å². The van der Waals surface area contributed by atoms with Crippen LogP contribution in [0.25, 0.3) is 0 Å². The molecule has 0 aliphatic heterocycles. The Hall–Kier alpha value is -2.34. The van der Waals surface area contributed by atoms with E-state index in [1.165, 1.54) is 9.87 Å². The van der Waals surface area contributed by atoms with E-state index in [4.69, 9.17) is 0 Å². The first-order valence-corrected chi connectivity index (χ1v) is 12.3. The zero-order valence-corrected chi connectivity index (χ0v) is 19.9. The van der Waals surface area contributed by atoms with Crippen molar-refractivity contribution in [3.8, 4) is 0 Å². The van der Waals surface area contributed by atoms with Crippen molar-refractivity contribution < 1.29 is 13.2 Å². The topological polar surface area (TPSA) is 66.5 Å². The minimum Gasteiger partial charge on any atom is -0.347 e. The number of carbonyl (C=O) groups is 1. The van der Waals surface area contributed by atoms with Crippen LogP contribution in [0.15, 0.2) is 36.4 Å². The molecule has 0 spiro atoms. The first-order valence-electron chi connectivity index (χ1n) is 10.4. The van der Waals surface area contributed by atoms with Crippen LogP contribution in [-0.2, 0) is 14.8 Å². The number of anilines is 1. The van der Waals surface area contributed by atoms with Crippen molar-refractivity contribution in [2.24, 2.45) is 0 Å². The minimum absolute atomic E-state index is 0.173. The molecule has 0 unspecified atom stereocenters. The average molecular weight is 431 g/mol. The number of amides is 1. The van der Waals surface area contributed by atoms with Crippen LogP contribution in [0.5, 0.6) is 0 Å². The standard InChI is InChI=1S/C24H34N2O3S/c1-8-22(21-13-10-16(3)14-19(21)6)25-24(27)23(9-2)26(30(7,28)29)20-12-11-17(4)18(5)15-20/h10-15,22-23H,8-9H2,1-7H3,(H,25,27)/t22-,23+/m1/s1. The fourth-order valence-corrected chi connectivity index (χ4v) is 5.01. The van der Waals surface area contributed by atoms with E-state index in [-0.39, 0.29) is 11.9 Å². The number of benzene rings is 2. The average Bonchev–Trinajstić information content (AvgIpc) is 2.65. The van der Waals surface area contributed by atoms with Crippen LogP contribution in [0.2, 0.25) is 0 Å². The maximum atomic E-state index is 13.3. The molecule has 0 saturated carbocycles. The van der Waals surface area contributed by atoms with Crippen LogP contribution in [-0.4, -0.2) is 26.6 Å². The van der Waals surface area contributed by atoms with E-state index in [1.807, 2.05) is 65.8 Å². The lowest BCUT2D eigenvalue weighted by molar-refractivity contribution is -0.123. The van der Waals surface area contributed by atoms with Crippen LogP contribution < -0.4 is 9.62 Å². The number of nitrogens with one attached hydrogen (secondary N) is 1. The second kappa shape index (κ2) is 9.65. The molecule has 2 aromatic rings. The summed E-state index contributed by atoms with van der Waals surface area (Å²) >= 11 is 0. The molecule has 0 fully saturated rings. The van der Waals surface area contributed by atoms with Gasteiger partial charge in [-0.3, -0.25) is 9.10 Å². The smallest absolute Gasteiger partial charge is 0.244 e. The molecule has 0 aromatic heterocycles. The molecule has 0 radical (unpaired) electrons. The van der Waals surface area contributed by atoms with Gasteiger partial charge in [0, 0.05) is 0 Å². The van der Waals surface area contributed by atoms with Crippen molar-refractivity contribution in [1.82, 2.24) is 5.32 Å². The second-order valence-electron chi connectivity index (χ2n) is 8.08. The molecule has 0 bridgehead atoms. The summed E-state index contributed by atoms with van der Waals surface area (Å²) < 4.78 is 26.6. The van der Waals surface area contributed by atoms with Crippen LogP contribution in [0, 0.1) is 27.7 Å². The van der Waals surface area contributed by atoms with Gasteiger partial charge < -0.3 is 5.32 Å². The molecule has 6 heteroatoms. The Bertz CT molecular complexity index is 1020. The molecular weight excluding hydrogens is 396 g/mol. The minimum atomic E-state index is -3.65. The van der Waals surface area contributed by atoms with Crippen LogP contribution in [0.1, 0.15) is 60.5 Å². The Morgan fingerprint density at radius 3 is 2.10 bits per heavy atom. The Kier molecular flexibility index (Phi) is 7.70. The van der Waals surface area contributed by atoms with E-state index in [9.17, 15) is 13.2 Å². The van der Waals surface area contributed by atoms with Gasteiger partial charge in [-0.05, 0) is 74.9 Å². The molecule has 2 atom stereocenters. The maximum absolute atomic E-state index is 13.3. The number of aryl methyl sites for hydroxylation is 4. The fraction of sp³-hybridized carbons (Fsp3) is 0.458. The lowest BCUT2D eigenvalue weighted by Gasteiger charge is -2.32. The Balaban J connectivity index is 2.40. The number of nitrogens with zero attached hydrogens (tertiary/aromatic N) is 1. The van der Waals surface area contributed by atoms with Gasteiger partial charge in [0.2, 0.25) is 15.9 Å². The molecule has 0 heterocycles. The third kappa shape index (κ3) is 5.42. The number of sulfonamides is 1. The molecule has 30 heavy (non-hydrogen) atoms. The molecule has 0 aliphatic carbocycles. The van der Waals surface area contributed by atoms with Crippen molar-refractivity contribution in [2.45, 2.75) is 66.5 Å². The quantitative estimate of drug-likeness (QED) is 0.658. The molecule has 2 rings (SSSR count). The predicted molar refractivity (Wildman–Crippen MR) is 124 cm³/mol. The normalized spacial score (nSPS) is 13.6. The molecule has 0 saturated heterocycles. The first kappa shape index (κ1) is 23.9. The van der Waals surface area contributed by atoms with Gasteiger partial charge in [-0.25, -0.2) is 8.42 Å². The van der Waals surface area contributed by atoms with Crippen LogP contribution >= 0.6 is 0 Å². The maximum Gasteiger partial charge on any atom is 0.244 e. The number of carbonyl (C=O) groups excluding carboxylic acids is 1. The zero-order chi connectivity index (χ0) is 22.6. The second-order valence-corrected chi connectivity index (χ2v) is 9.94. The predicted octanol–water partition coefficient (Wildman–Crippen LogP) is 4.73. The summed E-state index contributed by atoms with van der Waals surface area (Å²) in [6.45, 7) is 11.8. The van der Waals surface area contributed by atoms with Crippen molar-refractivity contribution in [1.29, 1.82) is 0 Å². The summed E-state index contributed by atoms with van der Waals surface area (Å²) in [4.78, 5) is 13.3. The highest BCUT2D eigenvalue weighted by molar-refractivity contribution is 7.92. The molecular formula is C24H34N2O3S. The molecule has 2 aromatic carbocycles. The van der Waals surface area contributed by atoms with Crippen LogP contribution in [0.3, 0.4) is 0 Å². The van der Waals surface area contributed by atoms with E-state index in [2.05, 4.69) is 11.4 Å². The molecule has 5 nitrogen and oxygen atoms in total. The number of rotatable bonds is 8. The molecule has 0 aliphatic rings. The van der Waals surface area contributed by atoms with Gasteiger partial charge in [-0.15, -0.1) is 0 Å². The number of hydrogen-bond donors (Lipinski definition) is 1. The van der Waals surface area contributed by atoms with Gasteiger partial charge in [-0.2, -0.15) is 0 Å². The Morgan fingerprint density at radius 2 is 1.60 bits per heavy atom. The Morgan fingerprint density at radius 1 is 0.933 bits per heavy atom. The first-order chi connectivity index (χ1) is 14.0. The number of hydrogen-bond acceptors (Lipinski definition) is 3. The zero-order valence-electron chi connectivity index (χ0n) is 19.1. The van der Waals surface area contributed by atoms with E-state index in [1.54, 1.807) is 6.07 Å². The van der Waals surface area contributed by atoms with E-state index in [0.29, 0.717) is 18.5 Å². The van der Waals surface area contributed by atoms with Crippen molar-refractivity contribution in [3.05, 3.63) is 64.2 Å². The third-order valence-corrected chi connectivity index (χ3v) is 6.78. The van der Waals surface area contributed by atoms with Gasteiger partial charge in [0.25, 0.3) is 0 Å². The summed E-state index contributed by atoms with van der Waals surface area (Å²) in [6.07, 6.45) is 2.24. The van der Waals surface area contributed by atoms with Gasteiger partial charge in [0.15, 0.2) is 0 Å². The van der Waals surface area contributed by atoms with Crippen molar-refractivity contribution in [2.75, 3.05) is 10.6 Å². The summed E-state index contributed by atoms with van der Waals surface area (Å²) in [5.74, 6) is -0.284. The summed E-state index contributed by atoms with van der Waals surface area (Å²) in [6, 6.07) is 10.7. The monoisotopic (exact) mass is 430 g/mol. The largest absolute Gasteiger partial charge is 0.347 e. The third-order valence-electron chi connectivity index (χ3n) is 5.60. The van der Waals surface area contributed by atoms with Gasteiger partial charge in [-0.1, -0.05) is 43.7 Å². The summed E-state index contributed by atoms with van der Waals surface area (Å²) in [7, 11) is -3.65. The SMILES string of the molecule is CC[C@@H](NC(=O)[C@H](CC)N(c1ccc(C)c(C)c1)S(C)(=O)=O)c1ccc(C)cc1C. The highest BCUT2D eigenvalue weighted by Crippen LogP contribution is 2.27. The van der Waals surface area contributed by atoms with E-state index >= 15 is 0 Å². The molecule has 1 N–H and O–H groups in total. The molecule has 164 valence electrons. The highest BCUT2D eigenvalue weighted by atomic mass is 32.2.